The van der Waals surface area contributed by atoms with Crippen molar-refractivity contribution in [2.45, 2.75) is 0 Å². The van der Waals surface area contributed by atoms with E-state index in [0.29, 0.717) is 22.4 Å². The molecule has 0 saturated carbocycles. The van der Waals surface area contributed by atoms with E-state index in [0.717, 1.165) is 22.8 Å². The summed E-state index contributed by atoms with van der Waals surface area (Å²) in [4.78, 5) is 12.2. The summed E-state index contributed by atoms with van der Waals surface area (Å²) < 4.78 is 16.9. The molecule has 1 aliphatic heterocycles. The molecule has 5 nitrogen and oxygen atoms in total. The van der Waals surface area contributed by atoms with E-state index >= 15 is 0 Å². The van der Waals surface area contributed by atoms with Crippen molar-refractivity contribution in [1.82, 2.24) is 5.32 Å². The fourth-order valence-electron chi connectivity index (χ4n) is 2.22. The Bertz CT molecular complexity index is 816. The quantitative estimate of drug-likeness (QED) is 0.445. The molecule has 0 aromatic heterocycles. The lowest BCUT2D eigenvalue weighted by Gasteiger charge is -2.09. The van der Waals surface area contributed by atoms with Gasteiger partial charge in [-0.2, -0.15) is 0 Å². The second-order valence-electron chi connectivity index (χ2n) is 5.29. The van der Waals surface area contributed by atoms with Crippen LogP contribution in [-0.2, 0) is 4.79 Å². The van der Waals surface area contributed by atoms with Gasteiger partial charge in [-0.15, -0.1) is 0 Å². The van der Waals surface area contributed by atoms with Gasteiger partial charge in [0.25, 0.3) is 5.91 Å². The number of nitrogens with one attached hydrogen (secondary N) is 1. The lowest BCUT2D eigenvalue weighted by atomic mass is 10.2. The number of amides is 1. The number of carbonyl (C=O) groups excluding carboxylic acids is 1. The first-order valence-electron chi connectivity index (χ1n) is 7.88. The molecule has 0 bridgehead atoms. The van der Waals surface area contributed by atoms with E-state index in [1.165, 1.54) is 11.8 Å². The molecular formula is C19H17NO4S2. The van der Waals surface area contributed by atoms with E-state index in [1.54, 1.807) is 13.2 Å². The highest BCUT2D eigenvalue weighted by Gasteiger charge is 2.21. The predicted octanol–water partition coefficient (Wildman–Crippen LogP) is 3.64. The van der Waals surface area contributed by atoms with E-state index < -0.39 is 0 Å². The van der Waals surface area contributed by atoms with Crippen LogP contribution in [0.15, 0.2) is 53.4 Å². The molecule has 2 aromatic carbocycles. The summed E-state index contributed by atoms with van der Waals surface area (Å²) in [7, 11) is 1.63. The van der Waals surface area contributed by atoms with E-state index in [4.69, 9.17) is 26.4 Å². The van der Waals surface area contributed by atoms with Crippen LogP contribution in [0.2, 0.25) is 0 Å². The van der Waals surface area contributed by atoms with Gasteiger partial charge >= 0.3 is 0 Å². The molecule has 0 aliphatic carbocycles. The minimum atomic E-state index is -0.156. The minimum Gasteiger partial charge on any atom is -0.497 e. The summed E-state index contributed by atoms with van der Waals surface area (Å²) in [6.45, 7) is 0.866. The maximum atomic E-state index is 11.6. The second kappa shape index (κ2) is 8.73. The molecular weight excluding hydrogens is 370 g/mol. The molecule has 1 aliphatic rings. The summed E-state index contributed by atoms with van der Waals surface area (Å²) in [6.07, 6.45) is 1.80. The third-order valence-electron chi connectivity index (χ3n) is 3.50. The lowest BCUT2D eigenvalue weighted by Crippen LogP contribution is -2.17. The highest BCUT2D eigenvalue weighted by atomic mass is 32.2. The summed E-state index contributed by atoms with van der Waals surface area (Å²) >= 11 is 6.24. The van der Waals surface area contributed by atoms with Crippen molar-refractivity contribution in [3.63, 3.8) is 0 Å². The average Bonchev–Trinajstić information content (AvgIpc) is 2.97. The molecule has 0 spiro atoms. The first-order valence-corrected chi connectivity index (χ1v) is 9.11. The number of hydrogen-bond acceptors (Lipinski definition) is 6. The number of thioether (sulfide) groups is 1. The highest BCUT2D eigenvalue weighted by molar-refractivity contribution is 8.26. The third-order valence-corrected chi connectivity index (χ3v) is 4.66. The van der Waals surface area contributed by atoms with Gasteiger partial charge < -0.3 is 19.5 Å². The van der Waals surface area contributed by atoms with Crippen molar-refractivity contribution in [3.8, 4) is 17.2 Å². The molecule has 134 valence electrons. The van der Waals surface area contributed by atoms with Crippen LogP contribution in [0.25, 0.3) is 6.08 Å². The van der Waals surface area contributed by atoms with Crippen molar-refractivity contribution >= 4 is 40.3 Å². The number of benzene rings is 2. The molecule has 0 atom stereocenters. The fourth-order valence-corrected chi connectivity index (χ4v) is 3.27. The van der Waals surface area contributed by atoms with Gasteiger partial charge in [-0.05, 0) is 48.0 Å². The van der Waals surface area contributed by atoms with Crippen molar-refractivity contribution in [2.75, 3.05) is 20.3 Å². The molecule has 1 amide bonds. The normalized spacial score (nSPS) is 15.0. The first kappa shape index (κ1) is 18.3. The zero-order valence-electron chi connectivity index (χ0n) is 14.1. The molecule has 2 aromatic rings. The number of rotatable bonds is 7. The van der Waals surface area contributed by atoms with Crippen LogP contribution < -0.4 is 19.5 Å². The van der Waals surface area contributed by atoms with E-state index in [-0.39, 0.29) is 5.91 Å². The van der Waals surface area contributed by atoms with Crippen LogP contribution in [0.5, 0.6) is 17.2 Å². The monoisotopic (exact) mass is 387 g/mol. The Labute approximate surface area is 161 Å². The Balaban J connectivity index is 1.46. The number of thiocarbonyl (C=S) groups is 1. The third kappa shape index (κ3) is 5.00. The van der Waals surface area contributed by atoms with Gasteiger partial charge in [0.15, 0.2) is 0 Å². The fraction of sp³-hybridized carbons (Fsp3) is 0.158. The Kier molecular flexibility index (Phi) is 6.14. The van der Waals surface area contributed by atoms with Gasteiger partial charge in [0.05, 0.1) is 12.0 Å². The molecule has 1 saturated heterocycles. The van der Waals surface area contributed by atoms with Gasteiger partial charge in [0.2, 0.25) is 0 Å². The van der Waals surface area contributed by atoms with Gasteiger partial charge in [-0.25, -0.2) is 0 Å². The maximum absolute atomic E-state index is 11.6. The van der Waals surface area contributed by atoms with Gasteiger partial charge in [0, 0.05) is 0 Å². The van der Waals surface area contributed by atoms with Crippen molar-refractivity contribution < 1.29 is 19.0 Å². The smallest absolute Gasteiger partial charge is 0.263 e. The average molecular weight is 387 g/mol. The van der Waals surface area contributed by atoms with E-state index in [2.05, 4.69) is 5.32 Å². The van der Waals surface area contributed by atoms with Crippen LogP contribution in [0.1, 0.15) is 5.56 Å². The van der Waals surface area contributed by atoms with Gasteiger partial charge in [-0.3, -0.25) is 4.79 Å². The molecule has 0 radical (unpaired) electrons. The van der Waals surface area contributed by atoms with Crippen LogP contribution in [-0.4, -0.2) is 30.6 Å². The predicted molar refractivity (Wildman–Crippen MR) is 107 cm³/mol. The zero-order chi connectivity index (χ0) is 18.4. The maximum Gasteiger partial charge on any atom is 0.263 e. The van der Waals surface area contributed by atoms with E-state index in [1.807, 2.05) is 48.5 Å². The molecule has 3 rings (SSSR count). The van der Waals surface area contributed by atoms with Crippen molar-refractivity contribution in [3.05, 3.63) is 59.0 Å². The first-order chi connectivity index (χ1) is 12.6. The van der Waals surface area contributed by atoms with Crippen LogP contribution >= 0.6 is 24.0 Å². The van der Waals surface area contributed by atoms with Crippen molar-refractivity contribution in [2.24, 2.45) is 0 Å². The van der Waals surface area contributed by atoms with Crippen LogP contribution in [0.4, 0.5) is 0 Å². The molecule has 26 heavy (non-hydrogen) atoms. The number of carbonyl (C=O) groups is 1. The number of ether oxygens (including phenoxy) is 3. The number of methoxy groups -OCH3 is 1. The number of hydrogen-bond donors (Lipinski definition) is 1. The molecule has 0 unspecified atom stereocenters. The topological polar surface area (TPSA) is 56.8 Å². The Morgan fingerprint density at radius 1 is 0.962 bits per heavy atom. The van der Waals surface area contributed by atoms with E-state index in [9.17, 15) is 4.79 Å². The summed E-state index contributed by atoms with van der Waals surface area (Å²) in [5, 5.41) is 2.59. The lowest BCUT2D eigenvalue weighted by molar-refractivity contribution is -0.115. The molecule has 1 N–H and O–H groups in total. The molecule has 1 heterocycles. The Hall–Kier alpha value is -2.51. The Morgan fingerprint density at radius 3 is 2.00 bits per heavy atom. The molecule has 7 heteroatoms. The van der Waals surface area contributed by atoms with Crippen LogP contribution in [0.3, 0.4) is 0 Å². The zero-order valence-corrected chi connectivity index (χ0v) is 15.7. The summed E-state index contributed by atoms with van der Waals surface area (Å²) in [6, 6.07) is 14.9. The largest absolute Gasteiger partial charge is 0.497 e. The van der Waals surface area contributed by atoms with Crippen LogP contribution in [0, 0.1) is 0 Å². The molecule has 1 fully saturated rings. The van der Waals surface area contributed by atoms with Crippen molar-refractivity contribution in [1.29, 1.82) is 0 Å². The summed E-state index contributed by atoms with van der Waals surface area (Å²) in [5.41, 5.74) is 0.911. The second-order valence-corrected chi connectivity index (χ2v) is 7.01. The SMILES string of the molecule is COc1ccc(OCCOc2ccc(C=C3SC(=S)NC3=O)cc2)cc1. The van der Waals surface area contributed by atoms with Gasteiger partial charge in [0.1, 0.15) is 34.8 Å². The standard InChI is InChI=1S/C19H17NO4S2/c1-22-14-6-8-16(9-7-14)24-11-10-23-15-4-2-13(3-5-15)12-17-18(21)20-19(25)26-17/h2-9,12H,10-11H2,1H3,(H,20,21,25). The summed E-state index contributed by atoms with van der Waals surface area (Å²) in [5.74, 6) is 2.14. The van der Waals surface area contributed by atoms with Gasteiger partial charge in [-0.1, -0.05) is 36.1 Å². The Morgan fingerprint density at radius 2 is 1.50 bits per heavy atom. The minimum absolute atomic E-state index is 0.156. The highest BCUT2D eigenvalue weighted by Crippen LogP contribution is 2.26.